The van der Waals surface area contributed by atoms with Crippen molar-refractivity contribution in [3.63, 3.8) is 0 Å². The van der Waals surface area contributed by atoms with E-state index in [1.165, 1.54) is 12.0 Å². The third-order valence-corrected chi connectivity index (χ3v) is 8.07. The summed E-state index contributed by atoms with van der Waals surface area (Å²) in [5, 5.41) is 20.4. The molecule has 9 heteroatoms. The molecule has 0 unspecified atom stereocenters. The molecule has 0 saturated carbocycles. The number of amides is 1. The Kier molecular flexibility index (Phi) is 8.79. The van der Waals surface area contributed by atoms with E-state index in [0.717, 1.165) is 80.3 Å². The van der Waals surface area contributed by atoms with Gasteiger partial charge >= 0.3 is 5.97 Å². The van der Waals surface area contributed by atoms with Crippen molar-refractivity contribution in [1.29, 1.82) is 0 Å². The molecule has 0 radical (unpaired) electrons. The van der Waals surface area contributed by atoms with Gasteiger partial charge in [-0.3, -0.25) is 4.79 Å². The fourth-order valence-corrected chi connectivity index (χ4v) is 5.91. The summed E-state index contributed by atoms with van der Waals surface area (Å²) in [7, 11) is 0. The second kappa shape index (κ2) is 12.6. The van der Waals surface area contributed by atoms with E-state index in [4.69, 9.17) is 4.98 Å². The number of carboxylic acid groups (broad SMARTS) is 1. The number of likely N-dealkylation sites (tertiary alicyclic amines) is 1. The van der Waals surface area contributed by atoms with Crippen LogP contribution < -0.4 is 10.6 Å². The number of carbonyl (C=O) groups excluding carboxylic acids is 1. The van der Waals surface area contributed by atoms with Crippen molar-refractivity contribution < 1.29 is 14.7 Å². The number of anilines is 1. The highest BCUT2D eigenvalue weighted by Crippen LogP contribution is 2.24. The first-order valence-electron chi connectivity index (χ1n) is 14.5. The largest absolute Gasteiger partial charge is 0.480 e. The van der Waals surface area contributed by atoms with Crippen molar-refractivity contribution in [2.45, 2.75) is 64.8 Å². The van der Waals surface area contributed by atoms with Crippen LogP contribution in [0, 0.1) is 19.8 Å². The Morgan fingerprint density at radius 2 is 2.08 bits per heavy atom. The van der Waals surface area contributed by atoms with Gasteiger partial charge in [0.15, 0.2) is 0 Å². The fourth-order valence-electron chi connectivity index (χ4n) is 5.91. The highest BCUT2D eigenvalue weighted by Gasteiger charge is 2.26. The standard InChI is InChI=1S/C31H40N6O3/c1-21-18-22(2)37(35-21)27-10-4-7-25(19-27)30(38)34-28(31(39)40)14-17-36-16-13-23(20-36)6-3-9-26-12-11-24-8-5-15-32-29(24)33-26/h4,7,10-12,18-19,23,28H,3,5-6,8-9,13-17,20H2,1-2H3,(H,32,33)(H,34,38)(H,39,40)/t23-,28+/m1/s1. The van der Waals surface area contributed by atoms with E-state index in [0.29, 0.717) is 24.4 Å². The van der Waals surface area contributed by atoms with Gasteiger partial charge < -0.3 is 20.6 Å². The van der Waals surface area contributed by atoms with Crippen LogP contribution in [0.25, 0.3) is 5.69 Å². The van der Waals surface area contributed by atoms with Crippen LogP contribution in [0.2, 0.25) is 0 Å². The molecule has 1 saturated heterocycles. The lowest BCUT2D eigenvalue weighted by atomic mass is 10.00. The zero-order valence-corrected chi connectivity index (χ0v) is 23.5. The quantitative estimate of drug-likeness (QED) is 0.332. The number of aryl methyl sites for hydroxylation is 4. The number of hydrogen-bond acceptors (Lipinski definition) is 6. The summed E-state index contributed by atoms with van der Waals surface area (Å²) < 4.78 is 1.78. The SMILES string of the molecule is Cc1cc(C)n(-c2cccc(C(=O)N[C@@H](CCN3CC[C@@H](CCCc4ccc5c(n4)NCCC5)C3)C(=O)O)c2)n1. The molecule has 0 bridgehead atoms. The number of benzene rings is 1. The molecule has 40 heavy (non-hydrogen) atoms. The maximum atomic E-state index is 13.0. The Labute approximate surface area is 236 Å². The number of carbonyl (C=O) groups is 2. The number of aliphatic carboxylic acids is 1. The van der Waals surface area contributed by atoms with Gasteiger partial charge in [-0.1, -0.05) is 12.1 Å². The maximum Gasteiger partial charge on any atom is 0.326 e. The lowest BCUT2D eigenvalue weighted by Crippen LogP contribution is -2.43. The molecule has 2 atom stereocenters. The average Bonchev–Trinajstić information content (AvgIpc) is 3.55. The van der Waals surface area contributed by atoms with Gasteiger partial charge in [0.2, 0.25) is 0 Å². The molecular weight excluding hydrogens is 504 g/mol. The number of nitrogens with one attached hydrogen (secondary N) is 2. The molecule has 3 N–H and O–H groups in total. The van der Waals surface area contributed by atoms with Crippen molar-refractivity contribution in [2.24, 2.45) is 5.92 Å². The van der Waals surface area contributed by atoms with Gasteiger partial charge in [-0.05, 0) is 107 Å². The molecule has 1 aromatic carbocycles. The summed E-state index contributed by atoms with van der Waals surface area (Å²) >= 11 is 0. The number of rotatable bonds is 11. The summed E-state index contributed by atoms with van der Waals surface area (Å²) in [5.41, 5.74) is 5.53. The molecular formula is C31H40N6O3. The van der Waals surface area contributed by atoms with Crippen LogP contribution >= 0.6 is 0 Å². The Morgan fingerprint density at radius 3 is 2.88 bits per heavy atom. The predicted molar refractivity (Wildman–Crippen MR) is 155 cm³/mol. The van der Waals surface area contributed by atoms with Crippen molar-refractivity contribution >= 4 is 17.7 Å². The van der Waals surface area contributed by atoms with E-state index in [2.05, 4.69) is 32.8 Å². The number of pyridine rings is 1. The van der Waals surface area contributed by atoms with Crippen LogP contribution in [0.5, 0.6) is 0 Å². The third-order valence-electron chi connectivity index (χ3n) is 8.07. The Bertz CT molecular complexity index is 1350. The number of aromatic nitrogens is 3. The van der Waals surface area contributed by atoms with Crippen molar-refractivity contribution in [2.75, 3.05) is 31.5 Å². The monoisotopic (exact) mass is 544 g/mol. The van der Waals surface area contributed by atoms with Gasteiger partial charge in [0, 0.05) is 36.6 Å². The topological polar surface area (TPSA) is 112 Å². The number of nitrogens with zero attached hydrogens (tertiary/aromatic N) is 4. The maximum absolute atomic E-state index is 13.0. The van der Waals surface area contributed by atoms with Crippen LogP contribution in [-0.4, -0.2) is 68.9 Å². The Balaban J connectivity index is 1.08. The van der Waals surface area contributed by atoms with Gasteiger partial charge in [0.05, 0.1) is 11.4 Å². The molecule has 2 aliphatic heterocycles. The lowest BCUT2D eigenvalue weighted by molar-refractivity contribution is -0.139. The van der Waals surface area contributed by atoms with Crippen LogP contribution in [-0.2, 0) is 17.6 Å². The van der Waals surface area contributed by atoms with E-state index in [1.54, 1.807) is 22.9 Å². The van der Waals surface area contributed by atoms with E-state index in [9.17, 15) is 14.7 Å². The molecule has 1 fully saturated rings. The molecule has 2 aliphatic rings. The van der Waals surface area contributed by atoms with Crippen LogP contribution in [0.3, 0.4) is 0 Å². The van der Waals surface area contributed by atoms with Crippen LogP contribution in [0.15, 0.2) is 42.5 Å². The molecule has 4 heterocycles. The second-order valence-corrected chi connectivity index (χ2v) is 11.2. The highest BCUT2D eigenvalue weighted by atomic mass is 16.4. The van der Waals surface area contributed by atoms with Gasteiger partial charge in [-0.25, -0.2) is 14.5 Å². The summed E-state index contributed by atoms with van der Waals surface area (Å²) in [5.74, 6) is 0.282. The summed E-state index contributed by atoms with van der Waals surface area (Å²) in [4.78, 5) is 32.1. The van der Waals surface area contributed by atoms with E-state index < -0.39 is 12.0 Å². The van der Waals surface area contributed by atoms with Crippen molar-refractivity contribution in [3.8, 4) is 5.69 Å². The zero-order valence-electron chi connectivity index (χ0n) is 23.5. The van der Waals surface area contributed by atoms with Crippen molar-refractivity contribution in [3.05, 3.63) is 70.7 Å². The second-order valence-electron chi connectivity index (χ2n) is 11.2. The number of fused-ring (bicyclic) bond motifs is 1. The van der Waals surface area contributed by atoms with E-state index >= 15 is 0 Å². The molecule has 2 aromatic heterocycles. The first-order valence-corrected chi connectivity index (χ1v) is 14.5. The Hall–Kier alpha value is -3.72. The molecule has 5 rings (SSSR count). The molecule has 212 valence electrons. The zero-order chi connectivity index (χ0) is 28.1. The molecule has 1 amide bonds. The van der Waals surface area contributed by atoms with Crippen LogP contribution in [0.1, 0.15) is 65.1 Å². The van der Waals surface area contributed by atoms with Gasteiger partial charge in [-0.15, -0.1) is 0 Å². The number of hydrogen-bond donors (Lipinski definition) is 3. The summed E-state index contributed by atoms with van der Waals surface area (Å²) in [6.07, 6.45) is 7.02. The first-order chi connectivity index (χ1) is 19.4. The molecule has 0 aliphatic carbocycles. The predicted octanol–water partition coefficient (Wildman–Crippen LogP) is 4.16. The third kappa shape index (κ3) is 6.88. The smallest absolute Gasteiger partial charge is 0.326 e. The van der Waals surface area contributed by atoms with E-state index in [-0.39, 0.29) is 5.91 Å². The minimum absolute atomic E-state index is 0.372. The van der Waals surface area contributed by atoms with E-state index in [1.807, 2.05) is 26.0 Å². The average molecular weight is 545 g/mol. The lowest BCUT2D eigenvalue weighted by Gasteiger charge is -2.20. The van der Waals surface area contributed by atoms with Crippen molar-refractivity contribution in [1.82, 2.24) is 25.0 Å². The molecule has 0 spiro atoms. The molecule has 3 aromatic rings. The highest BCUT2D eigenvalue weighted by molar-refractivity contribution is 5.97. The van der Waals surface area contributed by atoms with Gasteiger partial charge in [0.1, 0.15) is 11.9 Å². The normalized spacial score (nSPS) is 17.7. The summed E-state index contributed by atoms with van der Waals surface area (Å²) in [6.45, 7) is 7.48. The Morgan fingerprint density at radius 1 is 1.20 bits per heavy atom. The molecule has 9 nitrogen and oxygen atoms in total. The first kappa shape index (κ1) is 27.8. The van der Waals surface area contributed by atoms with Gasteiger partial charge in [0.25, 0.3) is 5.91 Å². The van der Waals surface area contributed by atoms with Crippen LogP contribution in [0.4, 0.5) is 5.82 Å². The fraction of sp³-hybridized carbons (Fsp3) is 0.484. The minimum atomic E-state index is -1.01. The number of carboxylic acids is 1. The summed E-state index contributed by atoms with van der Waals surface area (Å²) in [6, 6.07) is 12.5. The minimum Gasteiger partial charge on any atom is -0.480 e. The van der Waals surface area contributed by atoms with Gasteiger partial charge in [-0.2, -0.15) is 5.10 Å².